The number of sulfonamides is 1. The molecule has 0 saturated carbocycles. The van der Waals surface area contributed by atoms with Crippen molar-refractivity contribution >= 4 is 39.7 Å². The average molecular weight is 428 g/mol. The molecule has 0 bridgehead atoms. The quantitative estimate of drug-likeness (QED) is 0.685. The third-order valence-electron chi connectivity index (χ3n) is 4.23. The van der Waals surface area contributed by atoms with Crippen molar-refractivity contribution in [1.82, 2.24) is 4.31 Å². The van der Waals surface area contributed by atoms with Gasteiger partial charge in [0.05, 0.1) is 16.3 Å². The molecule has 152 valence electrons. The molecule has 0 fully saturated rings. The Morgan fingerprint density at radius 2 is 1.79 bits per heavy atom. The number of amides is 1. The first-order valence-corrected chi connectivity index (χ1v) is 9.91. The van der Waals surface area contributed by atoms with E-state index in [0.717, 1.165) is 0 Å². The maximum absolute atomic E-state index is 12.7. The zero-order valence-corrected chi connectivity index (χ0v) is 17.1. The monoisotopic (exact) mass is 427 g/mol. The molecule has 0 aromatic heterocycles. The third-order valence-corrected chi connectivity index (χ3v) is 6.28. The molecule has 10 heteroatoms. The number of fused-ring (bicyclic) bond motifs is 1. The number of nitrogens with one attached hydrogen (secondary N) is 1. The molecule has 3 N–H and O–H groups in total. The van der Waals surface area contributed by atoms with E-state index in [-0.39, 0.29) is 29.7 Å². The molecule has 8 nitrogen and oxygen atoms in total. The third kappa shape index (κ3) is 4.16. The fourth-order valence-electron chi connectivity index (χ4n) is 2.77. The summed E-state index contributed by atoms with van der Waals surface area (Å²) in [6.07, 6.45) is 0. The second kappa shape index (κ2) is 8.68. The second-order valence-corrected chi connectivity index (χ2v) is 7.80. The van der Waals surface area contributed by atoms with Gasteiger partial charge in [-0.1, -0.05) is 19.9 Å². The van der Waals surface area contributed by atoms with Crippen LogP contribution in [0, 0.1) is 0 Å². The highest BCUT2D eigenvalue weighted by Crippen LogP contribution is 2.38. The van der Waals surface area contributed by atoms with Crippen LogP contribution in [-0.2, 0) is 10.0 Å². The van der Waals surface area contributed by atoms with Gasteiger partial charge in [0.2, 0.25) is 16.8 Å². The fourth-order valence-corrected chi connectivity index (χ4v) is 4.28. The number of ether oxygens (including phenoxy) is 2. The van der Waals surface area contributed by atoms with Crippen LogP contribution in [0.3, 0.4) is 0 Å². The Labute approximate surface area is 170 Å². The molecule has 1 aliphatic heterocycles. The van der Waals surface area contributed by atoms with Gasteiger partial charge >= 0.3 is 0 Å². The number of rotatable bonds is 6. The lowest BCUT2D eigenvalue weighted by molar-refractivity contribution is 0.102. The Kier molecular flexibility index (Phi) is 6.76. The van der Waals surface area contributed by atoms with E-state index < -0.39 is 15.9 Å². The van der Waals surface area contributed by atoms with Crippen LogP contribution in [0.25, 0.3) is 0 Å². The number of hydrogen-bond donors (Lipinski definition) is 2. The molecule has 2 aromatic rings. The molecule has 0 spiro atoms. The van der Waals surface area contributed by atoms with Gasteiger partial charge < -0.3 is 20.5 Å². The molecule has 1 aliphatic rings. The van der Waals surface area contributed by atoms with Crippen molar-refractivity contribution in [2.45, 2.75) is 18.7 Å². The summed E-state index contributed by atoms with van der Waals surface area (Å²) in [6.45, 7) is 4.32. The van der Waals surface area contributed by atoms with E-state index in [2.05, 4.69) is 5.32 Å². The highest BCUT2D eigenvalue weighted by atomic mass is 35.5. The van der Waals surface area contributed by atoms with Crippen LogP contribution in [0.15, 0.2) is 41.3 Å². The number of carbonyl (C=O) groups excluding carboxylic acids is 1. The van der Waals surface area contributed by atoms with Gasteiger partial charge in [-0.05, 0) is 18.2 Å². The summed E-state index contributed by atoms with van der Waals surface area (Å²) >= 11 is 0. The molecule has 2 aromatic carbocycles. The van der Waals surface area contributed by atoms with Crippen LogP contribution in [0.5, 0.6) is 11.5 Å². The molecule has 0 aliphatic carbocycles. The van der Waals surface area contributed by atoms with Crippen LogP contribution in [0.4, 0.5) is 11.4 Å². The Hall–Kier alpha value is -2.49. The lowest BCUT2D eigenvalue weighted by atomic mass is 10.2. The summed E-state index contributed by atoms with van der Waals surface area (Å²) in [5, 5.41) is 2.68. The lowest BCUT2D eigenvalue weighted by Crippen LogP contribution is -2.30. The first-order chi connectivity index (χ1) is 12.9. The van der Waals surface area contributed by atoms with Crippen molar-refractivity contribution in [3.8, 4) is 11.5 Å². The first kappa shape index (κ1) is 21.8. The molecule has 0 unspecified atom stereocenters. The molecular formula is C18H22ClN3O5S. The van der Waals surface area contributed by atoms with Crippen LogP contribution < -0.4 is 20.5 Å². The van der Waals surface area contributed by atoms with Crippen molar-refractivity contribution < 1.29 is 22.7 Å². The van der Waals surface area contributed by atoms with E-state index >= 15 is 0 Å². The number of halogens is 1. The van der Waals surface area contributed by atoms with Gasteiger partial charge in [-0.15, -0.1) is 12.4 Å². The summed E-state index contributed by atoms with van der Waals surface area (Å²) in [5.74, 6) is 0.521. The molecule has 1 amide bonds. The van der Waals surface area contributed by atoms with Crippen molar-refractivity contribution in [2.75, 3.05) is 30.9 Å². The molecule has 1 heterocycles. The standard InChI is InChI=1S/C18H21N3O5S.ClH/c1-3-21(4-2)27(23,24)13-7-5-6-12(8-13)18(22)20-15-10-17-16(9-14(15)19)25-11-26-17;/h5-10H,3-4,11,19H2,1-2H3,(H,20,22);1H. The summed E-state index contributed by atoms with van der Waals surface area (Å²) < 4.78 is 37.2. The zero-order chi connectivity index (χ0) is 19.6. The van der Waals surface area contributed by atoms with Crippen molar-refractivity contribution in [2.24, 2.45) is 0 Å². The zero-order valence-electron chi connectivity index (χ0n) is 15.5. The van der Waals surface area contributed by atoms with E-state index in [1.807, 2.05) is 0 Å². The molecule has 0 radical (unpaired) electrons. The number of carbonyl (C=O) groups is 1. The summed E-state index contributed by atoms with van der Waals surface area (Å²) in [7, 11) is -3.65. The van der Waals surface area contributed by atoms with Crippen LogP contribution in [-0.4, -0.2) is 38.5 Å². The smallest absolute Gasteiger partial charge is 0.255 e. The van der Waals surface area contributed by atoms with Crippen molar-refractivity contribution in [1.29, 1.82) is 0 Å². The van der Waals surface area contributed by atoms with Crippen LogP contribution in [0.1, 0.15) is 24.2 Å². The van der Waals surface area contributed by atoms with Gasteiger partial charge in [0, 0.05) is 30.8 Å². The van der Waals surface area contributed by atoms with Gasteiger partial charge in [0.15, 0.2) is 11.5 Å². The van der Waals surface area contributed by atoms with E-state index in [1.165, 1.54) is 22.5 Å². The number of benzene rings is 2. The Bertz CT molecular complexity index is 977. The summed E-state index contributed by atoms with van der Waals surface area (Å²) in [4.78, 5) is 12.7. The first-order valence-electron chi connectivity index (χ1n) is 8.47. The molecule has 0 saturated heterocycles. The highest BCUT2D eigenvalue weighted by Gasteiger charge is 2.23. The van der Waals surface area contributed by atoms with E-state index in [9.17, 15) is 13.2 Å². The Balaban J connectivity index is 0.00000280. The number of nitrogens with two attached hydrogens (primary N) is 1. The summed E-state index contributed by atoms with van der Waals surface area (Å²) in [5.41, 5.74) is 6.83. The molecule has 28 heavy (non-hydrogen) atoms. The number of hydrogen-bond acceptors (Lipinski definition) is 6. The Morgan fingerprint density at radius 3 is 2.43 bits per heavy atom. The van der Waals surface area contributed by atoms with Crippen LogP contribution in [0.2, 0.25) is 0 Å². The van der Waals surface area contributed by atoms with E-state index in [0.29, 0.717) is 36.0 Å². The van der Waals surface area contributed by atoms with Gasteiger partial charge in [-0.2, -0.15) is 4.31 Å². The van der Waals surface area contributed by atoms with E-state index in [1.54, 1.807) is 32.0 Å². The predicted molar refractivity (Wildman–Crippen MR) is 109 cm³/mol. The maximum atomic E-state index is 12.7. The van der Waals surface area contributed by atoms with Crippen molar-refractivity contribution in [3.63, 3.8) is 0 Å². The van der Waals surface area contributed by atoms with Gasteiger partial charge in [-0.25, -0.2) is 8.42 Å². The SMILES string of the molecule is CCN(CC)S(=O)(=O)c1cccc(C(=O)Nc2cc3c(cc2N)OCO3)c1.Cl. The summed E-state index contributed by atoms with van der Waals surface area (Å²) in [6, 6.07) is 9.05. The molecular weight excluding hydrogens is 406 g/mol. The lowest BCUT2D eigenvalue weighted by Gasteiger charge is -2.18. The minimum atomic E-state index is -3.65. The van der Waals surface area contributed by atoms with Crippen LogP contribution >= 0.6 is 12.4 Å². The van der Waals surface area contributed by atoms with E-state index in [4.69, 9.17) is 15.2 Å². The highest BCUT2D eigenvalue weighted by molar-refractivity contribution is 7.89. The average Bonchev–Trinajstić information content (AvgIpc) is 3.10. The normalized spacial score (nSPS) is 12.5. The largest absolute Gasteiger partial charge is 0.454 e. The second-order valence-electron chi connectivity index (χ2n) is 5.86. The minimum Gasteiger partial charge on any atom is -0.454 e. The number of nitrogen functional groups attached to an aromatic ring is 1. The van der Waals surface area contributed by atoms with Gasteiger partial charge in [-0.3, -0.25) is 4.79 Å². The number of nitrogens with zero attached hydrogens (tertiary/aromatic N) is 1. The predicted octanol–water partition coefficient (Wildman–Crippen LogP) is 2.70. The topological polar surface area (TPSA) is 111 Å². The fraction of sp³-hybridized carbons (Fsp3) is 0.278. The van der Waals surface area contributed by atoms with Crippen molar-refractivity contribution in [3.05, 3.63) is 42.0 Å². The molecule has 3 rings (SSSR count). The van der Waals surface area contributed by atoms with Gasteiger partial charge in [0.1, 0.15) is 0 Å². The maximum Gasteiger partial charge on any atom is 0.255 e. The Morgan fingerprint density at radius 1 is 1.14 bits per heavy atom. The minimum absolute atomic E-state index is 0. The number of anilines is 2. The van der Waals surface area contributed by atoms with Gasteiger partial charge in [0.25, 0.3) is 5.91 Å². The molecule has 0 atom stereocenters.